The number of carbonyl (C=O) groups is 1. The van der Waals surface area contributed by atoms with Crippen LogP contribution >= 0.6 is 15.9 Å². The third-order valence-corrected chi connectivity index (χ3v) is 2.64. The van der Waals surface area contributed by atoms with Crippen LogP contribution in [0.3, 0.4) is 0 Å². The van der Waals surface area contributed by atoms with Gasteiger partial charge in [-0.3, -0.25) is 4.79 Å². The lowest BCUT2D eigenvalue weighted by Gasteiger charge is -2.21. The Morgan fingerprint density at radius 3 is 3.08 bits per heavy atom. The molecule has 0 aromatic heterocycles. The monoisotopic (exact) mass is 240 g/mol. The number of rotatable bonds is 0. The summed E-state index contributed by atoms with van der Waals surface area (Å²) in [5.41, 5.74) is 0.970. The van der Waals surface area contributed by atoms with E-state index in [9.17, 15) is 4.79 Å². The number of halogens is 1. The van der Waals surface area contributed by atoms with Crippen LogP contribution in [0.15, 0.2) is 22.7 Å². The van der Waals surface area contributed by atoms with Crippen LogP contribution in [0, 0.1) is 0 Å². The molecular weight excluding hydrogens is 232 g/mol. The van der Waals surface area contributed by atoms with Crippen molar-refractivity contribution in [2.45, 2.75) is 19.4 Å². The van der Waals surface area contributed by atoms with Gasteiger partial charge in [-0.1, -0.05) is 15.9 Å². The van der Waals surface area contributed by atoms with Gasteiger partial charge in [0.25, 0.3) is 0 Å². The molecule has 0 spiro atoms. The number of carbonyl (C=O) groups excluding carboxylic acids is 1. The molecule has 0 fully saturated rings. The highest BCUT2D eigenvalue weighted by Gasteiger charge is 2.23. The molecule has 0 radical (unpaired) electrons. The number of ketones is 1. The molecule has 2 nitrogen and oxygen atoms in total. The summed E-state index contributed by atoms with van der Waals surface area (Å²) < 4.78 is 6.41. The van der Waals surface area contributed by atoms with Gasteiger partial charge >= 0.3 is 0 Å². The Kier molecular flexibility index (Phi) is 2.12. The molecule has 1 aromatic carbocycles. The average molecular weight is 241 g/mol. The van der Waals surface area contributed by atoms with Crippen LogP contribution in [0.4, 0.5) is 0 Å². The lowest BCUT2D eigenvalue weighted by Crippen LogP contribution is -2.30. The van der Waals surface area contributed by atoms with Crippen molar-refractivity contribution in [2.24, 2.45) is 0 Å². The van der Waals surface area contributed by atoms with Crippen LogP contribution in [0.5, 0.6) is 5.75 Å². The Morgan fingerprint density at radius 2 is 2.31 bits per heavy atom. The molecular formula is C10H9BrO2. The summed E-state index contributed by atoms with van der Waals surface area (Å²) in [6, 6.07) is 5.74. The maximum Gasteiger partial charge on any atom is 0.177 e. The quantitative estimate of drug-likeness (QED) is 0.696. The largest absolute Gasteiger partial charge is 0.483 e. The van der Waals surface area contributed by atoms with E-state index in [1.54, 1.807) is 6.92 Å². The van der Waals surface area contributed by atoms with Gasteiger partial charge in [0, 0.05) is 16.5 Å². The molecule has 1 atom stereocenters. The second kappa shape index (κ2) is 3.14. The molecule has 1 heterocycles. The molecule has 1 aliphatic rings. The van der Waals surface area contributed by atoms with Gasteiger partial charge in [0.15, 0.2) is 11.9 Å². The topological polar surface area (TPSA) is 26.3 Å². The van der Waals surface area contributed by atoms with E-state index in [1.807, 2.05) is 18.2 Å². The Bertz CT molecular complexity index is 360. The predicted octanol–water partition coefficient (Wildman–Crippen LogP) is 2.34. The van der Waals surface area contributed by atoms with E-state index in [4.69, 9.17) is 4.74 Å². The Morgan fingerprint density at radius 1 is 1.54 bits per heavy atom. The summed E-state index contributed by atoms with van der Waals surface area (Å²) in [6.45, 7) is 1.79. The lowest BCUT2D eigenvalue weighted by molar-refractivity contribution is -0.125. The minimum atomic E-state index is -0.298. The zero-order valence-electron chi connectivity index (χ0n) is 7.21. The van der Waals surface area contributed by atoms with Gasteiger partial charge in [0.1, 0.15) is 5.75 Å². The number of ether oxygens (including phenoxy) is 1. The second-order valence-corrected chi connectivity index (χ2v) is 4.07. The van der Waals surface area contributed by atoms with Crippen molar-refractivity contribution in [3.05, 3.63) is 28.2 Å². The highest BCUT2D eigenvalue weighted by atomic mass is 79.9. The fourth-order valence-corrected chi connectivity index (χ4v) is 1.80. The van der Waals surface area contributed by atoms with Crippen molar-refractivity contribution in [1.82, 2.24) is 0 Å². The molecule has 0 amide bonds. The number of Topliss-reactive ketones (excluding diaryl/α,β-unsaturated/α-hetero) is 1. The summed E-state index contributed by atoms with van der Waals surface area (Å²) in [4.78, 5) is 11.3. The van der Waals surface area contributed by atoms with Gasteiger partial charge in [-0.15, -0.1) is 0 Å². The molecule has 3 heteroatoms. The van der Waals surface area contributed by atoms with Crippen molar-refractivity contribution >= 4 is 21.7 Å². The zero-order chi connectivity index (χ0) is 9.42. The first-order chi connectivity index (χ1) is 6.16. The second-order valence-electron chi connectivity index (χ2n) is 3.16. The van der Waals surface area contributed by atoms with E-state index in [0.717, 1.165) is 15.8 Å². The molecule has 68 valence electrons. The molecule has 0 saturated carbocycles. The summed E-state index contributed by atoms with van der Waals surface area (Å²) in [5, 5.41) is 0. The highest BCUT2D eigenvalue weighted by Crippen LogP contribution is 2.28. The van der Waals surface area contributed by atoms with Gasteiger partial charge < -0.3 is 4.74 Å². The van der Waals surface area contributed by atoms with E-state index < -0.39 is 0 Å². The fraction of sp³-hybridized carbons (Fsp3) is 0.300. The SMILES string of the molecule is CC1Oc2ccc(Br)cc2CC1=O. The van der Waals surface area contributed by atoms with Gasteiger partial charge in [-0.2, -0.15) is 0 Å². The molecule has 1 aliphatic heterocycles. The first kappa shape index (κ1) is 8.75. The van der Waals surface area contributed by atoms with Crippen LogP contribution in [0.2, 0.25) is 0 Å². The molecule has 0 saturated heterocycles. The number of fused-ring (bicyclic) bond motifs is 1. The van der Waals surface area contributed by atoms with Crippen LogP contribution in [-0.2, 0) is 11.2 Å². The van der Waals surface area contributed by atoms with E-state index >= 15 is 0 Å². The van der Waals surface area contributed by atoms with Gasteiger partial charge in [0.2, 0.25) is 0 Å². The van der Waals surface area contributed by atoms with Crippen molar-refractivity contribution < 1.29 is 9.53 Å². The summed E-state index contributed by atoms with van der Waals surface area (Å²) >= 11 is 3.36. The maximum atomic E-state index is 11.3. The van der Waals surface area contributed by atoms with E-state index in [-0.39, 0.29) is 11.9 Å². The first-order valence-corrected chi connectivity index (χ1v) is 4.94. The smallest absolute Gasteiger partial charge is 0.177 e. The standard InChI is InChI=1S/C10H9BrO2/c1-6-9(12)5-7-4-8(11)2-3-10(7)13-6/h2-4,6H,5H2,1H3. The first-order valence-electron chi connectivity index (χ1n) is 4.14. The van der Waals surface area contributed by atoms with Crippen LogP contribution in [0.25, 0.3) is 0 Å². The van der Waals surface area contributed by atoms with E-state index in [2.05, 4.69) is 15.9 Å². The maximum absolute atomic E-state index is 11.3. The fourth-order valence-electron chi connectivity index (χ4n) is 1.39. The van der Waals surface area contributed by atoms with Crippen molar-refractivity contribution in [3.63, 3.8) is 0 Å². The Labute approximate surface area is 85.0 Å². The Hall–Kier alpha value is -0.830. The molecule has 1 aromatic rings. The number of hydrogen-bond acceptors (Lipinski definition) is 2. The average Bonchev–Trinajstić information content (AvgIpc) is 2.08. The summed E-state index contributed by atoms with van der Waals surface area (Å²) in [5.74, 6) is 0.973. The van der Waals surface area contributed by atoms with Crippen molar-refractivity contribution in [3.8, 4) is 5.75 Å². The molecule has 0 aliphatic carbocycles. The minimum absolute atomic E-state index is 0.144. The van der Waals surface area contributed by atoms with E-state index in [1.165, 1.54) is 0 Å². The van der Waals surface area contributed by atoms with Crippen molar-refractivity contribution in [1.29, 1.82) is 0 Å². The van der Waals surface area contributed by atoms with Gasteiger partial charge in [0.05, 0.1) is 0 Å². The molecule has 0 bridgehead atoms. The zero-order valence-corrected chi connectivity index (χ0v) is 8.80. The van der Waals surface area contributed by atoms with E-state index in [0.29, 0.717) is 6.42 Å². The van der Waals surface area contributed by atoms with Gasteiger partial charge in [-0.05, 0) is 25.1 Å². The third-order valence-electron chi connectivity index (χ3n) is 2.14. The molecule has 0 N–H and O–H groups in total. The van der Waals surface area contributed by atoms with Crippen LogP contribution in [0.1, 0.15) is 12.5 Å². The molecule has 1 unspecified atom stereocenters. The number of hydrogen-bond donors (Lipinski definition) is 0. The van der Waals surface area contributed by atoms with Crippen LogP contribution < -0.4 is 4.74 Å². The van der Waals surface area contributed by atoms with Crippen molar-refractivity contribution in [2.75, 3.05) is 0 Å². The third kappa shape index (κ3) is 1.61. The lowest BCUT2D eigenvalue weighted by atomic mass is 10.0. The Balaban J connectivity index is 2.42. The highest BCUT2D eigenvalue weighted by molar-refractivity contribution is 9.10. The normalized spacial score (nSPS) is 20.8. The predicted molar refractivity (Wildman–Crippen MR) is 52.9 cm³/mol. The summed E-state index contributed by atoms with van der Waals surface area (Å²) in [6.07, 6.45) is 0.185. The number of benzene rings is 1. The van der Waals surface area contributed by atoms with Crippen LogP contribution in [-0.4, -0.2) is 11.9 Å². The molecule has 13 heavy (non-hydrogen) atoms. The minimum Gasteiger partial charge on any atom is -0.483 e. The van der Waals surface area contributed by atoms with Gasteiger partial charge in [-0.25, -0.2) is 0 Å². The summed E-state index contributed by atoms with van der Waals surface area (Å²) in [7, 11) is 0. The molecule has 2 rings (SSSR count).